The predicted molar refractivity (Wildman–Crippen MR) is 90.7 cm³/mol. The van der Waals surface area contributed by atoms with Crippen LogP contribution in [0.5, 0.6) is 11.5 Å². The SMILES string of the molecule is CCS(=O)(=O)c1ccc(O)c(-c2cc(S(=O)(=O)CC)ccc2O)c1. The summed E-state index contributed by atoms with van der Waals surface area (Å²) >= 11 is 0. The molecule has 2 rings (SSSR count). The number of hydrogen-bond donors (Lipinski definition) is 2. The van der Waals surface area contributed by atoms with Gasteiger partial charge >= 0.3 is 0 Å². The minimum absolute atomic E-state index is 0.0130. The van der Waals surface area contributed by atoms with E-state index in [0.717, 1.165) is 0 Å². The van der Waals surface area contributed by atoms with Crippen LogP contribution in [0.1, 0.15) is 13.8 Å². The summed E-state index contributed by atoms with van der Waals surface area (Å²) in [7, 11) is -7.02. The molecule has 0 radical (unpaired) electrons. The van der Waals surface area contributed by atoms with Gasteiger partial charge in [-0.3, -0.25) is 0 Å². The van der Waals surface area contributed by atoms with E-state index < -0.39 is 19.7 Å². The molecule has 2 aromatic carbocycles. The Morgan fingerprint density at radius 2 is 1.04 bits per heavy atom. The summed E-state index contributed by atoms with van der Waals surface area (Å²) < 4.78 is 48.1. The smallest absolute Gasteiger partial charge is 0.178 e. The third kappa shape index (κ3) is 3.39. The third-order valence-corrected chi connectivity index (χ3v) is 7.17. The van der Waals surface area contributed by atoms with Gasteiger partial charge in [0.1, 0.15) is 11.5 Å². The van der Waals surface area contributed by atoms with Crippen molar-refractivity contribution in [2.24, 2.45) is 0 Å². The minimum Gasteiger partial charge on any atom is -0.507 e. The lowest BCUT2D eigenvalue weighted by Gasteiger charge is -2.11. The molecule has 0 aliphatic rings. The quantitative estimate of drug-likeness (QED) is 0.836. The first-order valence-corrected chi connectivity index (χ1v) is 10.5. The first-order chi connectivity index (χ1) is 11.1. The van der Waals surface area contributed by atoms with Gasteiger partial charge in [-0.15, -0.1) is 0 Å². The van der Waals surface area contributed by atoms with Crippen molar-refractivity contribution in [2.75, 3.05) is 11.5 Å². The maximum absolute atomic E-state index is 12.0. The molecule has 8 heteroatoms. The molecule has 0 saturated heterocycles. The van der Waals surface area contributed by atoms with Gasteiger partial charge in [0.25, 0.3) is 0 Å². The summed E-state index contributed by atoms with van der Waals surface area (Å²) in [6.07, 6.45) is 0. The molecule has 24 heavy (non-hydrogen) atoms. The molecule has 0 aromatic heterocycles. The number of aromatic hydroxyl groups is 2. The molecule has 6 nitrogen and oxygen atoms in total. The second-order valence-electron chi connectivity index (χ2n) is 5.16. The van der Waals surface area contributed by atoms with Gasteiger partial charge in [-0.05, 0) is 36.4 Å². The van der Waals surface area contributed by atoms with E-state index in [1.807, 2.05) is 0 Å². The van der Waals surface area contributed by atoms with E-state index in [1.165, 1.54) is 50.2 Å². The van der Waals surface area contributed by atoms with E-state index in [1.54, 1.807) is 0 Å². The number of rotatable bonds is 5. The van der Waals surface area contributed by atoms with Crippen molar-refractivity contribution in [2.45, 2.75) is 23.6 Å². The van der Waals surface area contributed by atoms with E-state index in [9.17, 15) is 27.0 Å². The molecule has 0 amide bonds. The van der Waals surface area contributed by atoms with Crippen LogP contribution in [0.4, 0.5) is 0 Å². The molecule has 0 heterocycles. The molecule has 0 spiro atoms. The topological polar surface area (TPSA) is 109 Å². The Morgan fingerprint density at radius 3 is 1.33 bits per heavy atom. The molecule has 0 atom stereocenters. The highest BCUT2D eigenvalue weighted by Gasteiger charge is 2.19. The van der Waals surface area contributed by atoms with Crippen LogP contribution in [0.2, 0.25) is 0 Å². The van der Waals surface area contributed by atoms with Crippen LogP contribution in [0, 0.1) is 0 Å². The average molecular weight is 370 g/mol. The number of benzene rings is 2. The number of phenolic OH excluding ortho intramolecular Hbond substituents is 2. The maximum atomic E-state index is 12.0. The molecule has 130 valence electrons. The third-order valence-electron chi connectivity index (χ3n) is 3.70. The average Bonchev–Trinajstić information content (AvgIpc) is 2.55. The molecule has 0 aliphatic carbocycles. The van der Waals surface area contributed by atoms with Crippen LogP contribution < -0.4 is 0 Å². The Balaban J connectivity index is 2.73. The Labute approximate surface area is 141 Å². The van der Waals surface area contributed by atoms with Gasteiger partial charge in [-0.2, -0.15) is 0 Å². The normalized spacial score (nSPS) is 12.2. The van der Waals surface area contributed by atoms with E-state index in [4.69, 9.17) is 0 Å². The van der Waals surface area contributed by atoms with Crippen LogP contribution >= 0.6 is 0 Å². The fraction of sp³-hybridized carbons (Fsp3) is 0.250. The largest absolute Gasteiger partial charge is 0.507 e. The molecule has 0 fully saturated rings. The standard InChI is InChI=1S/C16H18O6S2/c1-3-23(19,20)11-5-7-15(17)13(9-11)14-10-12(6-8-16(14)18)24(21,22)4-2/h5-10,17-18H,3-4H2,1-2H3. The van der Waals surface area contributed by atoms with E-state index >= 15 is 0 Å². The zero-order chi connectivity index (χ0) is 18.1. The van der Waals surface area contributed by atoms with Gasteiger partial charge < -0.3 is 10.2 Å². The zero-order valence-electron chi connectivity index (χ0n) is 13.2. The molecule has 2 N–H and O–H groups in total. The van der Waals surface area contributed by atoms with E-state index in [0.29, 0.717) is 0 Å². The number of hydrogen-bond acceptors (Lipinski definition) is 6. The molecule has 0 aliphatic heterocycles. The van der Waals surface area contributed by atoms with Gasteiger partial charge in [0.15, 0.2) is 19.7 Å². The highest BCUT2D eigenvalue weighted by atomic mass is 32.2. The van der Waals surface area contributed by atoms with Crippen LogP contribution in [-0.4, -0.2) is 38.6 Å². The van der Waals surface area contributed by atoms with Crippen molar-refractivity contribution in [3.8, 4) is 22.6 Å². The Bertz CT molecular complexity index is 894. The molecule has 0 unspecified atom stereocenters. The minimum atomic E-state index is -3.51. The first-order valence-electron chi connectivity index (χ1n) is 7.24. The van der Waals surface area contributed by atoms with Crippen LogP contribution in [0.15, 0.2) is 46.2 Å². The van der Waals surface area contributed by atoms with Crippen LogP contribution in [0.3, 0.4) is 0 Å². The molecule has 0 saturated carbocycles. The number of phenols is 2. The van der Waals surface area contributed by atoms with Gasteiger partial charge in [0.05, 0.1) is 21.3 Å². The van der Waals surface area contributed by atoms with E-state index in [2.05, 4.69) is 0 Å². The van der Waals surface area contributed by atoms with Gasteiger partial charge in [-0.25, -0.2) is 16.8 Å². The molecule has 2 aromatic rings. The fourth-order valence-electron chi connectivity index (χ4n) is 2.18. The second-order valence-corrected chi connectivity index (χ2v) is 9.72. The Morgan fingerprint density at radius 1 is 0.708 bits per heavy atom. The maximum Gasteiger partial charge on any atom is 0.178 e. The zero-order valence-corrected chi connectivity index (χ0v) is 14.9. The summed E-state index contributed by atoms with van der Waals surface area (Å²) in [6.45, 7) is 2.99. The highest BCUT2D eigenvalue weighted by molar-refractivity contribution is 7.91. The summed E-state index contributed by atoms with van der Waals surface area (Å²) in [5.41, 5.74) is 0.102. The second kappa shape index (κ2) is 6.45. The molecular weight excluding hydrogens is 352 g/mol. The summed E-state index contributed by atoms with van der Waals surface area (Å²) in [4.78, 5) is -0.0260. The van der Waals surface area contributed by atoms with E-state index in [-0.39, 0.29) is 43.9 Å². The van der Waals surface area contributed by atoms with Gasteiger partial charge in [0, 0.05) is 11.1 Å². The van der Waals surface area contributed by atoms with Crippen LogP contribution in [-0.2, 0) is 19.7 Å². The Kier molecular flexibility index (Phi) is 4.91. The van der Waals surface area contributed by atoms with Crippen molar-refractivity contribution < 1.29 is 27.0 Å². The van der Waals surface area contributed by atoms with Crippen molar-refractivity contribution in [1.82, 2.24) is 0 Å². The number of sulfone groups is 2. The van der Waals surface area contributed by atoms with Gasteiger partial charge in [0.2, 0.25) is 0 Å². The molecular formula is C16H18O6S2. The fourth-order valence-corrected chi connectivity index (χ4v) is 3.99. The van der Waals surface area contributed by atoms with Crippen molar-refractivity contribution >= 4 is 19.7 Å². The predicted octanol–water partition coefficient (Wildman–Crippen LogP) is 2.35. The van der Waals surface area contributed by atoms with Gasteiger partial charge in [-0.1, -0.05) is 13.8 Å². The monoisotopic (exact) mass is 370 g/mol. The summed E-state index contributed by atoms with van der Waals surface area (Å²) in [5.74, 6) is -0.751. The lowest BCUT2D eigenvalue weighted by atomic mass is 10.0. The highest BCUT2D eigenvalue weighted by Crippen LogP contribution is 2.38. The lowest BCUT2D eigenvalue weighted by molar-refractivity contribution is 0.468. The van der Waals surface area contributed by atoms with Crippen molar-refractivity contribution in [3.63, 3.8) is 0 Å². The Hall–Kier alpha value is -2.06. The molecule has 0 bridgehead atoms. The van der Waals surface area contributed by atoms with Crippen molar-refractivity contribution in [1.29, 1.82) is 0 Å². The van der Waals surface area contributed by atoms with Crippen molar-refractivity contribution in [3.05, 3.63) is 36.4 Å². The lowest BCUT2D eigenvalue weighted by Crippen LogP contribution is -2.04. The summed E-state index contributed by atoms with van der Waals surface area (Å²) in [5, 5.41) is 20.1. The first kappa shape index (κ1) is 18.3. The van der Waals surface area contributed by atoms with Crippen LogP contribution in [0.25, 0.3) is 11.1 Å². The summed E-state index contributed by atoms with van der Waals surface area (Å²) in [6, 6.07) is 7.40.